The average molecular weight is 283 g/mol. The van der Waals surface area contributed by atoms with Crippen molar-refractivity contribution in [3.8, 4) is 0 Å². The Labute approximate surface area is 114 Å². The van der Waals surface area contributed by atoms with Crippen molar-refractivity contribution in [1.29, 1.82) is 0 Å². The van der Waals surface area contributed by atoms with Gasteiger partial charge in [-0.25, -0.2) is 4.39 Å². The lowest BCUT2D eigenvalue weighted by molar-refractivity contribution is 0.617. The molecular weight excluding hydrogens is 269 g/mol. The number of halogens is 1. The first-order valence-electron chi connectivity index (χ1n) is 5.73. The Hall–Kier alpha value is -1.14. The standard InChI is InChI=1S/C12H14FN3S2/c1-2-7-14-11-15-16-12(18-11)17-8-9-5-3-4-6-10(9)13/h3-6H,2,7-8H2,1H3,(H,14,15). The van der Waals surface area contributed by atoms with Crippen LogP contribution in [0.2, 0.25) is 0 Å². The van der Waals surface area contributed by atoms with Crippen LogP contribution in [0.15, 0.2) is 28.6 Å². The van der Waals surface area contributed by atoms with Gasteiger partial charge in [-0.3, -0.25) is 0 Å². The van der Waals surface area contributed by atoms with E-state index in [1.807, 2.05) is 6.07 Å². The van der Waals surface area contributed by atoms with Gasteiger partial charge >= 0.3 is 0 Å². The minimum Gasteiger partial charge on any atom is -0.360 e. The molecule has 2 rings (SSSR count). The molecule has 0 saturated heterocycles. The summed E-state index contributed by atoms with van der Waals surface area (Å²) in [5.74, 6) is 0.411. The fourth-order valence-electron chi connectivity index (χ4n) is 1.33. The van der Waals surface area contributed by atoms with Crippen molar-refractivity contribution in [3.63, 3.8) is 0 Å². The molecule has 0 unspecified atom stereocenters. The monoisotopic (exact) mass is 283 g/mol. The van der Waals surface area contributed by atoms with E-state index in [0.717, 1.165) is 22.4 Å². The van der Waals surface area contributed by atoms with E-state index in [0.29, 0.717) is 11.3 Å². The number of benzene rings is 1. The SMILES string of the molecule is CCCNc1nnc(SCc2ccccc2F)s1. The Bertz CT molecular complexity index is 502. The Morgan fingerprint density at radius 1 is 1.33 bits per heavy atom. The van der Waals surface area contributed by atoms with Crippen LogP contribution >= 0.6 is 23.1 Å². The number of hydrogen-bond acceptors (Lipinski definition) is 5. The molecule has 0 radical (unpaired) electrons. The summed E-state index contributed by atoms with van der Waals surface area (Å²) in [4.78, 5) is 0. The second-order valence-corrected chi connectivity index (χ2v) is 5.88. The summed E-state index contributed by atoms with van der Waals surface area (Å²) in [7, 11) is 0. The second kappa shape index (κ2) is 6.70. The van der Waals surface area contributed by atoms with Gasteiger partial charge in [0.15, 0.2) is 4.34 Å². The lowest BCUT2D eigenvalue weighted by Crippen LogP contribution is -1.98. The molecule has 0 aliphatic carbocycles. The third-order valence-corrected chi connectivity index (χ3v) is 4.30. The Morgan fingerprint density at radius 3 is 2.94 bits per heavy atom. The molecular formula is C12H14FN3S2. The largest absolute Gasteiger partial charge is 0.360 e. The molecule has 0 spiro atoms. The number of anilines is 1. The molecule has 0 atom stereocenters. The average Bonchev–Trinajstić information content (AvgIpc) is 2.83. The van der Waals surface area contributed by atoms with Crippen LogP contribution in [0, 0.1) is 5.82 Å². The van der Waals surface area contributed by atoms with Crippen molar-refractivity contribution in [1.82, 2.24) is 10.2 Å². The third kappa shape index (κ3) is 3.68. The molecule has 1 aromatic heterocycles. The molecule has 3 nitrogen and oxygen atoms in total. The van der Waals surface area contributed by atoms with Gasteiger partial charge in [-0.1, -0.05) is 48.2 Å². The maximum absolute atomic E-state index is 13.4. The summed E-state index contributed by atoms with van der Waals surface area (Å²) >= 11 is 3.01. The van der Waals surface area contributed by atoms with Crippen LogP contribution < -0.4 is 5.32 Å². The van der Waals surface area contributed by atoms with Gasteiger partial charge in [0.2, 0.25) is 5.13 Å². The van der Waals surface area contributed by atoms with Gasteiger partial charge in [-0.15, -0.1) is 10.2 Å². The Kier molecular flexibility index (Phi) is 4.95. The van der Waals surface area contributed by atoms with Gasteiger partial charge < -0.3 is 5.32 Å². The number of nitrogens with zero attached hydrogens (tertiary/aromatic N) is 2. The van der Waals surface area contributed by atoms with Gasteiger partial charge in [-0.05, 0) is 18.1 Å². The molecule has 0 aliphatic rings. The first-order valence-corrected chi connectivity index (χ1v) is 7.53. The van der Waals surface area contributed by atoms with Crippen LogP contribution in [0.5, 0.6) is 0 Å². The van der Waals surface area contributed by atoms with Crippen molar-refractivity contribution in [2.24, 2.45) is 0 Å². The fourth-order valence-corrected chi connectivity index (χ4v) is 3.09. The molecule has 0 amide bonds. The Balaban J connectivity index is 1.90. The highest BCUT2D eigenvalue weighted by molar-refractivity contribution is 8.00. The van der Waals surface area contributed by atoms with E-state index in [9.17, 15) is 4.39 Å². The summed E-state index contributed by atoms with van der Waals surface area (Å²) in [6, 6.07) is 6.80. The van der Waals surface area contributed by atoms with E-state index >= 15 is 0 Å². The molecule has 0 fully saturated rings. The molecule has 18 heavy (non-hydrogen) atoms. The van der Waals surface area contributed by atoms with Crippen LogP contribution in [0.4, 0.5) is 9.52 Å². The summed E-state index contributed by atoms with van der Waals surface area (Å²) in [5.41, 5.74) is 0.695. The minimum atomic E-state index is -0.168. The third-order valence-electron chi connectivity index (χ3n) is 2.24. The normalized spacial score (nSPS) is 10.6. The number of hydrogen-bond donors (Lipinski definition) is 1. The first kappa shape index (κ1) is 13.3. The maximum Gasteiger partial charge on any atom is 0.206 e. The zero-order chi connectivity index (χ0) is 12.8. The van der Waals surface area contributed by atoms with Crippen LogP contribution in [-0.4, -0.2) is 16.7 Å². The van der Waals surface area contributed by atoms with Gasteiger partial charge in [0.05, 0.1) is 0 Å². The molecule has 0 aliphatic heterocycles. The van der Waals surface area contributed by atoms with E-state index in [1.54, 1.807) is 12.1 Å². The van der Waals surface area contributed by atoms with Crippen molar-refractivity contribution in [2.75, 3.05) is 11.9 Å². The molecule has 0 saturated carbocycles. The van der Waals surface area contributed by atoms with Gasteiger partial charge in [-0.2, -0.15) is 0 Å². The highest BCUT2D eigenvalue weighted by Gasteiger charge is 2.06. The molecule has 1 N–H and O–H groups in total. The lowest BCUT2D eigenvalue weighted by atomic mass is 10.2. The molecule has 1 heterocycles. The molecule has 0 bridgehead atoms. The molecule has 96 valence electrons. The quantitative estimate of drug-likeness (QED) is 0.818. The summed E-state index contributed by atoms with van der Waals surface area (Å²) in [6.07, 6.45) is 1.05. The number of thioether (sulfide) groups is 1. The van der Waals surface area contributed by atoms with Gasteiger partial charge in [0.1, 0.15) is 5.82 Å². The van der Waals surface area contributed by atoms with Crippen molar-refractivity contribution in [3.05, 3.63) is 35.6 Å². The predicted molar refractivity (Wildman–Crippen MR) is 74.7 cm³/mol. The summed E-state index contributed by atoms with van der Waals surface area (Å²) in [6.45, 7) is 2.99. The number of rotatable bonds is 6. The predicted octanol–water partition coefficient (Wildman–Crippen LogP) is 3.79. The number of aromatic nitrogens is 2. The zero-order valence-corrected chi connectivity index (χ0v) is 11.7. The fraction of sp³-hybridized carbons (Fsp3) is 0.333. The lowest BCUT2D eigenvalue weighted by Gasteiger charge is -1.99. The highest BCUT2D eigenvalue weighted by Crippen LogP contribution is 2.28. The van der Waals surface area contributed by atoms with Crippen molar-refractivity contribution >= 4 is 28.2 Å². The van der Waals surface area contributed by atoms with E-state index in [4.69, 9.17) is 0 Å². The first-order chi connectivity index (χ1) is 8.79. The summed E-state index contributed by atoms with van der Waals surface area (Å²) in [5, 5.41) is 12.1. The number of nitrogens with one attached hydrogen (secondary N) is 1. The topological polar surface area (TPSA) is 37.8 Å². The van der Waals surface area contributed by atoms with Crippen molar-refractivity contribution in [2.45, 2.75) is 23.4 Å². The zero-order valence-electron chi connectivity index (χ0n) is 10.0. The van der Waals surface area contributed by atoms with Crippen LogP contribution in [0.1, 0.15) is 18.9 Å². The van der Waals surface area contributed by atoms with Gasteiger partial charge in [0, 0.05) is 12.3 Å². The molecule has 1 aromatic carbocycles. The maximum atomic E-state index is 13.4. The molecule has 6 heteroatoms. The van der Waals surface area contributed by atoms with Crippen LogP contribution in [-0.2, 0) is 5.75 Å². The van der Waals surface area contributed by atoms with E-state index in [2.05, 4.69) is 22.4 Å². The van der Waals surface area contributed by atoms with E-state index in [1.165, 1.54) is 29.2 Å². The van der Waals surface area contributed by atoms with Crippen molar-refractivity contribution < 1.29 is 4.39 Å². The Morgan fingerprint density at radius 2 is 2.17 bits per heavy atom. The molecule has 2 aromatic rings. The van der Waals surface area contributed by atoms with Crippen LogP contribution in [0.3, 0.4) is 0 Å². The minimum absolute atomic E-state index is 0.168. The van der Waals surface area contributed by atoms with E-state index in [-0.39, 0.29) is 5.82 Å². The highest BCUT2D eigenvalue weighted by atomic mass is 32.2. The summed E-state index contributed by atoms with van der Waals surface area (Å²) < 4.78 is 14.3. The van der Waals surface area contributed by atoms with Gasteiger partial charge in [0.25, 0.3) is 0 Å². The van der Waals surface area contributed by atoms with E-state index < -0.39 is 0 Å². The second-order valence-electron chi connectivity index (χ2n) is 3.68. The van der Waals surface area contributed by atoms with Crippen LogP contribution in [0.25, 0.3) is 0 Å². The smallest absolute Gasteiger partial charge is 0.206 e.